The predicted molar refractivity (Wildman–Crippen MR) is 94.9 cm³/mol. The third-order valence-corrected chi connectivity index (χ3v) is 5.28. The van der Waals surface area contributed by atoms with E-state index in [1.807, 2.05) is 37.4 Å². The van der Waals surface area contributed by atoms with Gasteiger partial charge in [-0.2, -0.15) is 5.10 Å². The van der Waals surface area contributed by atoms with Crippen LogP contribution in [0, 0.1) is 5.41 Å². The van der Waals surface area contributed by atoms with Crippen molar-refractivity contribution in [2.24, 2.45) is 12.5 Å². The Kier molecular flexibility index (Phi) is 5.56. The molecule has 2 aromatic rings. The minimum atomic E-state index is -0.0974. The van der Waals surface area contributed by atoms with Gasteiger partial charge in [0.1, 0.15) is 5.15 Å². The van der Waals surface area contributed by atoms with Crippen LogP contribution in [0.5, 0.6) is 0 Å². The van der Waals surface area contributed by atoms with Crippen molar-refractivity contribution in [2.75, 3.05) is 26.4 Å². The van der Waals surface area contributed by atoms with Crippen LogP contribution in [-0.2, 0) is 18.3 Å². The van der Waals surface area contributed by atoms with Gasteiger partial charge in [0.15, 0.2) is 0 Å². The Bertz CT molecular complexity index is 666. The first kappa shape index (κ1) is 17.4. The van der Waals surface area contributed by atoms with Crippen LogP contribution in [0.3, 0.4) is 0 Å². The van der Waals surface area contributed by atoms with E-state index in [2.05, 4.69) is 10.4 Å². The van der Waals surface area contributed by atoms with Crippen molar-refractivity contribution >= 4 is 11.6 Å². The lowest BCUT2D eigenvalue weighted by atomic mass is 9.81. The lowest BCUT2D eigenvalue weighted by Gasteiger charge is -2.35. The quantitative estimate of drug-likeness (QED) is 0.841. The van der Waals surface area contributed by atoms with Crippen LogP contribution in [0.4, 0.5) is 0 Å². The molecule has 1 aromatic heterocycles. The van der Waals surface area contributed by atoms with Crippen molar-refractivity contribution in [1.82, 2.24) is 15.1 Å². The highest BCUT2D eigenvalue weighted by atomic mass is 35.5. The second-order valence-corrected chi connectivity index (χ2v) is 6.84. The third kappa shape index (κ3) is 3.64. The minimum absolute atomic E-state index is 0.0974. The molecule has 1 aromatic carbocycles. The number of rotatable bonds is 6. The number of ether oxygens (including phenoxy) is 1. The Morgan fingerprint density at radius 3 is 2.67 bits per heavy atom. The van der Waals surface area contributed by atoms with Gasteiger partial charge in [-0.05, 0) is 12.8 Å². The van der Waals surface area contributed by atoms with Gasteiger partial charge in [0.05, 0.1) is 12.3 Å². The highest BCUT2D eigenvalue weighted by Crippen LogP contribution is 2.31. The summed E-state index contributed by atoms with van der Waals surface area (Å²) in [5.74, 6) is 0. The molecule has 130 valence electrons. The zero-order chi connectivity index (χ0) is 17.0. The first-order chi connectivity index (χ1) is 11.7. The smallest absolute Gasteiger partial charge is 0.131 e. The number of hydrogen-bond donors (Lipinski definition) is 2. The largest absolute Gasteiger partial charge is 0.396 e. The van der Waals surface area contributed by atoms with Crippen LogP contribution >= 0.6 is 11.6 Å². The van der Waals surface area contributed by atoms with Crippen molar-refractivity contribution in [2.45, 2.75) is 19.4 Å². The number of benzene rings is 1. The van der Waals surface area contributed by atoms with E-state index in [-0.39, 0.29) is 12.0 Å². The van der Waals surface area contributed by atoms with Crippen molar-refractivity contribution in [3.8, 4) is 11.3 Å². The first-order valence-corrected chi connectivity index (χ1v) is 8.69. The Balaban J connectivity index is 1.73. The summed E-state index contributed by atoms with van der Waals surface area (Å²) in [6, 6.07) is 10.1. The molecule has 0 bridgehead atoms. The molecule has 0 atom stereocenters. The van der Waals surface area contributed by atoms with Gasteiger partial charge in [-0.3, -0.25) is 4.68 Å². The van der Waals surface area contributed by atoms with E-state index in [4.69, 9.17) is 16.3 Å². The van der Waals surface area contributed by atoms with E-state index < -0.39 is 0 Å². The molecule has 0 saturated carbocycles. The van der Waals surface area contributed by atoms with Crippen LogP contribution in [0.25, 0.3) is 11.3 Å². The molecule has 24 heavy (non-hydrogen) atoms. The van der Waals surface area contributed by atoms with Gasteiger partial charge in [0.2, 0.25) is 0 Å². The second-order valence-electron chi connectivity index (χ2n) is 6.48. The maximum absolute atomic E-state index is 9.79. The van der Waals surface area contributed by atoms with E-state index in [1.54, 1.807) is 4.68 Å². The van der Waals surface area contributed by atoms with Crippen molar-refractivity contribution < 1.29 is 9.84 Å². The second kappa shape index (κ2) is 7.66. The molecule has 2 N–H and O–H groups in total. The van der Waals surface area contributed by atoms with E-state index in [1.165, 1.54) is 0 Å². The predicted octanol–water partition coefficient (Wildman–Crippen LogP) is 2.62. The average molecular weight is 350 g/mol. The lowest BCUT2D eigenvalue weighted by Crippen LogP contribution is -2.41. The molecular weight excluding hydrogens is 326 g/mol. The minimum Gasteiger partial charge on any atom is -0.396 e. The monoisotopic (exact) mass is 349 g/mol. The summed E-state index contributed by atoms with van der Waals surface area (Å²) < 4.78 is 7.12. The number of aliphatic hydroxyl groups is 1. The summed E-state index contributed by atoms with van der Waals surface area (Å²) in [6.07, 6.45) is 1.76. The maximum Gasteiger partial charge on any atom is 0.131 e. The van der Waals surface area contributed by atoms with Gasteiger partial charge in [0, 0.05) is 49.9 Å². The van der Waals surface area contributed by atoms with Crippen molar-refractivity contribution in [3.05, 3.63) is 41.0 Å². The van der Waals surface area contributed by atoms with E-state index in [9.17, 15) is 5.11 Å². The van der Waals surface area contributed by atoms with Crippen LogP contribution in [0.1, 0.15) is 18.4 Å². The van der Waals surface area contributed by atoms with Gasteiger partial charge in [-0.1, -0.05) is 41.9 Å². The van der Waals surface area contributed by atoms with E-state index in [0.717, 1.165) is 36.2 Å². The first-order valence-electron chi connectivity index (χ1n) is 8.31. The lowest BCUT2D eigenvalue weighted by molar-refractivity contribution is -0.0154. The number of aromatic nitrogens is 2. The zero-order valence-electron chi connectivity index (χ0n) is 14.0. The summed E-state index contributed by atoms with van der Waals surface area (Å²) in [7, 11) is 1.85. The number of hydrogen-bond acceptors (Lipinski definition) is 4. The van der Waals surface area contributed by atoms with Crippen LogP contribution < -0.4 is 5.32 Å². The van der Waals surface area contributed by atoms with Gasteiger partial charge >= 0.3 is 0 Å². The highest BCUT2D eigenvalue weighted by molar-refractivity contribution is 6.30. The molecule has 1 saturated heterocycles. The van der Waals surface area contributed by atoms with Gasteiger partial charge in [-0.25, -0.2) is 0 Å². The van der Waals surface area contributed by atoms with Crippen LogP contribution in [0.15, 0.2) is 30.3 Å². The van der Waals surface area contributed by atoms with E-state index >= 15 is 0 Å². The standard InChI is InChI=1S/C18H24ClN3O2/c1-22-17(19)15(16(21-22)14-5-3-2-4-6-14)11-20-12-18(13-23)7-9-24-10-8-18/h2-6,20,23H,7-13H2,1H3. The Labute approximate surface area is 147 Å². The SMILES string of the molecule is Cn1nc(-c2ccccc2)c(CNCC2(CO)CCOCC2)c1Cl. The Morgan fingerprint density at radius 1 is 1.29 bits per heavy atom. The molecular formula is C18H24ClN3O2. The van der Waals surface area contributed by atoms with Crippen molar-refractivity contribution in [3.63, 3.8) is 0 Å². The summed E-state index contributed by atoms with van der Waals surface area (Å²) in [4.78, 5) is 0. The highest BCUT2D eigenvalue weighted by Gasteiger charge is 2.31. The summed E-state index contributed by atoms with van der Waals surface area (Å²) in [5, 5.41) is 18.5. The molecule has 1 aliphatic heterocycles. The molecule has 0 aliphatic carbocycles. The molecule has 0 unspecified atom stereocenters. The molecule has 3 rings (SSSR count). The average Bonchev–Trinajstić information content (AvgIpc) is 2.92. The topological polar surface area (TPSA) is 59.3 Å². The molecule has 0 radical (unpaired) electrons. The maximum atomic E-state index is 9.79. The zero-order valence-corrected chi connectivity index (χ0v) is 14.7. The summed E-state index contributed by atoms with van der Waals surface area (Å²) in [5.41, 5.74) is 2.85. The fourth-order valence-electron chi connectivity index (χ4n) is 3.18. The molecule has 6 heteroatoms. The van der Waals surface area contributed by atoms with Gasteiger partial charge < -0.3 is 15.2 Å². The van der Waals surface area contributed by atoms with Gasteiger partial charge in [0.25, 0.3) is 0 Å². The van der Waals surface area contributed by atoms with Gasteiger partial charge in [-0.15, -0.1) is 0 Å². The summed E-state index contributed by atoms with van der Waals surface area (Å²) >= 11 is 6.44. The fourth-order valence-corrected chi connectivity index (χ4v) is 3.37. The normalized spacial score (nSPS) is 17.1. The number of aliphatic hydroxyl groups excluding tert-OH is 1. The molecule has 1 aliphatic rings. The molecule has 1 fully saturated rings. The van der Waals surface area contributed by atoms with Crippen molar-refractivity contribution in [1.29, 1.82) is 0 Å². The molecule has 2 heterocycles. The third-order valence-electron chi connectivity index (χ3n) is 4.81. The van der Waals surface area contributed by atoms with Crippen LogP contribution in [0.2, 0.25) is 5.15 Å². The molecule has 0 amide bonds. The van der Waals surface area contributed by atoms with E-state index in [0.29, 0.717) is 24.9 Å². The molecule has 5 nitrogen and oxygen atoms in total. The fraction of sp³-hybridized carbons (Fsp3) is 0.500. The number of nitrogens with zero attached hydrogens (tertiary/aromatic N) is 2. The molecule has 0 spiro atoms. The van der Waals surface area contributed by atoms with Crippen LogP contribution in [-0.4, -0.2) is 41.3 Å². The number of aryl methyl sites for hydroxylation is 1. The Hall–Kier alpha value is -1.40. The Morgan fingerprint density at radius 2 is 2.00 bits per heavy atom. The number of halogens is 1. The summed E-state index contributed by atoms with van der Waals surface area (Å²) in [6.45, 7) is 2.97. The number of nitrogens with one attached hydrogen (secondary N) is 1.